The number of hydrogen-bond acceptors (Lipinski definition) is 5. The van der Waals surface area contributed by atoms with Crippen molar-refractivity contribution in [1.82, 2.24) is 19.1 Å². The Kier molecular flexibility index (Phi) is 5.56. The predicted octanol–water partition coefficient (Wildman–Crippen LogP) is 4.49. The Morgan fingerprint density at radius 3 is 2.06 bits per heavy atom. The van der Waals surface area contributed by atoms with Gasteiger partial charge in [0.05, 0.1) is 33.2 Å². The fourth-order valence-electron chi connectivity index (χ4n) is 3.84. The lowest BCUT2D eigenvalue weighted by molar-refractivity contribution is 0.779. The Bertz CT molecular complexity index is 1600. The standard InChI is InChI=1S/C26H22N4O2S/c1-3-17-12-14-18(15-13-17)30-25(32)20-9-5-7-11-22(20)28-26(30)33-16-23-27-21-10-6-4-8-19(21)24(31)29(23)2/h4-15H,3,16H2,1-2H3. The number of nitrogens with zero attached hydrogens (tertiary/aromatic N) is 4. The molecule has 5 aromatic rings. The van der Waals surface area contributed by atoms with Crippen molar-refractivity contribution >= 4 is 33.6 Å². The van der Waals surface area contributed by atoms with Gasteiger partial charge in [-0.1, -0.05) is 55.1 Å². The van der Waals surface area contributed by atoms with E-state index < -0.39 is 0 Å². The highest BCUT2D eigenvalue weighted by atomic mass is 32.2. The van der Waals surface area contributed by atoms with Crippen LogP contribution in [0.4, 0.5) is 0 Å². The summed E-state index contributed by atoms with van der Waals surface area (Å²) in [5.41, 5.74) is 3.06. The Morgan fingerprint density at radius 2 is 1.39 bits per heavy atom. The second kappa shape index (κ2) is 8.67. The molecule has 0 aliphatic rings. The third-order valence-corrected chi connectivity index (χ3v) is 6.69. The number of aromatic nitrogens is 4. The molecule has 0 saturated heterocycles. The third kappa shape index (κ3) is 3.85. The quantitative estimate of drug-likeness (QED) is 0.289. The lowest BCUT2D eigenvalue weighted by atomic mass is 10.1. The van der Waals surface area contributed by atoms with Crippen molar-refractivity contribution in [2.24, 2.45) is 7.05 Å². The van der Waals surface area contributed by atoms with E-state index in [1.165, 1.54) is 17.3 Å². The second-order valence-corrected chi connectivity index (χ2v) is 8.71. The van der Waals surface area contributed by atoms with E-state index in [2.05, 4.69) is 11.9 Å². The van der Waals surface area contributed by atoms with E-state index in [1.54, 1.807) is 28.3 Å². The highest BCUT2D eigenvalue weighted by molar-refractivity contribution is 7.98. The fourth-order valence-corrected chi connectivity index (χ4v) is 4.84. The fraction of sp³-hybridized carbons (Fsp3) is 0.154. The van der Waals surface area contributed by atoms with Gasteiger partial charge in [0.25, 0.3) is 11.1 Å². The van der Waals surface area contributed by atoms with Gasteiger partial charge < -0.3 is 0 Å². The molecule has 0 radical (unpaired) electrons. The van der Waals surface area contributed by atoms with Gasteiger partial charge in [0.1, 0.15) is 5.82 Å². The van der Waals surface area contributed by atoms with E-state index in [-0.39, 0.29) is 11.1 Å². The van der Waals surface area contributed by atoms with Crippen LogP contribution >= 0.6 is 11.8 Å². The van der Waals surface area contributed by atoms with Crippen molar-refractivity contribution in [3.8, 4) is 5.69 Å². The van der Waals surface area contributed by atoms with Crippen molar-refractivity contribution in [1.29, 1.82) is 0 Å². The first-order valence-electron chi connectivity index (χ1n) is 10.8. The maximum atomic E-state index is 13.5. The van der Waals surface area contributed by atoms with E-state index in [4.69, 9.17) is 4.98 Å². The number of aryl methyl sites for hydroxylation is 1. The van der Waals surface area contributed by atoms with Crippen LogP contribution in [-0.2, 0) is 19.2 Å². The van der Waals surface area contributed by atoms with Crippen LogP contribution in [0.15, 0.2) is 87.5 Å². The van der Waals surface area contributed by atoms with Crippen LogP contribution in [0.2, 0.25) is 0 Å². The molecule has 2 heterocycles. The topological polar surface area (TPSA) is 69.8 Å². The number of thioether (sulfide) groups is 1. The number of rotatable bonds is 5. The molecule has 3 aromatic carbocycles. The molecule has 7 heteroatoms. The van der Waals surface area contributed by atoms with Gasteiger partial charge in [-0.15, -0.1) is 0 Å². The maximum absolute atomic E-state index is 13.5. The molecular weight excluding hydrogens is 432 g/mol. The highest BCUT2D eigenvalue weighted by Gasteiger charge is 2.15. The van der Waals surface area contributed by atoms with Crippen molar-refractivity contribution in [3.05, 3.63) is 105 Å². The smallest absolute Gasteiger partial charge is 0.266 e. The van der Waals surface area contributed by atoms with Crippen molar-refractivity contribution < 1.29 is 0 Å². The SMILES string of the molecule is CCc1ccc(-n2c(SCc3nc4ccccc4c(=O)n3C)nc3ccccc3c2=O)cc1. The van der Waals surface area contributed by atoms with Crippen LogP contribution in [0.3, 0.4) is 0 Å². The summed E-state index contributed by atoms with van der Waals surface area (Å²) in [4.78, 5) is 35.7. The summed E-state index contributed by atoms with van der Waals surface area (Å²) in [6.45, 7) is 2.10. The van der Waals surface area contributed by atoms with E-state index >= 15 is 0 Å². The summed E-state index contributed by atoms with van der Waals surface area (Å²) >= 11 is 1.39. The molecular formula is C26H22N4O2S. The molecule has 2 aromatic heterocycles. The van der Waals surface area contributed by atoms with E-state index in [1.807, 2.05) is 60.7 Å². The second-order valence-electron chi connectivity index (χ2n) is 7.77. The first kappa shape index (κ1) is 21.2. The molecule has 0 fully saturated rings. The molecule has 0 spiro atoms. The number of hydrogen-bond donors (Lipinski definition) is 0. The van der Waals surface area contributed by atoms with Crippen LogP contribution in [-0.4, -0.2) is 19.1 Å². The zero-order valence-electron chi connectivity index (χ0n) is 18.4. The molecule has 5 rings (SSSR count). The summed E-state index contributed by atoms with van der Waals surface area (Å²) in [7, 11) is 1.72. The minimum atomic E-state index is -0.118. The van der Waals surface area contributed by atoms with Crippen molar-refractivity contribution in [2.45, 2.75) is 24.3 Å². The van der Waals surface area contributed by atoms with Gasteiger partial charge in [0.2, 0.25) is 0 Å². The van der Waals surface area contributed by atoms with E-state index in [0.717, 1.165) is 12.1 Å². The minimum Gasteiger partial charge on any atom is -0.299 e. The molecule has 0 N–H and O–H groups in total. The van der Waals surface area contributed by atoms with Gasteiger partial charge in [-0.25, -0.2) is 9.97 Å². The Hall–Kier alpha value is -3.71. The molecule has 6 nitrogen and oxygen atoms in total. The first-order valence-corrected chi connectivity index (χ1v) is 11.7. The van der Waals surface area contributed by atoms with Gasteiger partial charge in [-0.05, 0) is 48.4 Å². The Balaban J connectivity index is 1.62. The van der Waals surface area contributed by atoms with Crippen molar-refractivity contribution in [2.75, 3.05) is 0 Å². The highest BCUT2D eigenvalue weighted by Crippen LogP contribution is 2.24. The van der Waals surface area contributed by atoms with Crippen LogP contribution < -0.4 is 11.1 Å². The van der Waals surface area contributed by atoms with Crippen LogP contribution in [0.25, 0.3) is 27.5 Å². The largest absolute Gasteiger partial charge is 0.299 e. The summed E-state index contributed by atoms with van der Waals surface area (Å²) in [6.07, 6.45) is 0.925. The monoisotopic (exact) mass is 454 g/mol. The zero-order valence-corrected chi connectivity index (χ0v) is 19.2. The van der Waals surface area contributed by atoms with Crippen LogP contribution in [0, 0.1) is 0 Å². The average molecular weight is 455 g/mol. The predicted molar refractivity (Wildman–Crippen MR) is 133 cm³/mol. The molecule has 0 saturated carbocycles. The van der Waals surface area contributed by atoms with Crippen LogP contribution in [0.5, 0.6) is 0 Å². The summed E-state index contributed by atoms with van der Waals surface area (Å²) in [5.74, 6) is 1.02. The molecule has 0 aliphatic heterocycles. The van der Waals surface area contributed by atoms with Gasteiger partial charge in [-0.3, -0.25) is 18.7 Å². The van der Waals surface area contributed by atoms with Crippen molar-refractivity contribution in [3.63, 3.8) is 0 Å². The lowest BCUT2D eigenvalue weighted by Gasteiger charge is -2.14. The van der Waals surface area contributed by atoms with Gasteiger partial charge in [0.15, 0.2) is 5.16 Å². The minimum absolute atomic E-state index is 0.0878. The van der Waals surface area contributed by atoms with Crippen LogP contribution in [0.1, 0.15) is 18.3 Å². The van der Waals surface area contributed by atoms with E-state index in [9.17, 15) is 9.59 Å². The summed E-state index contributed by atoms with van der Waals surface area (Å²) < 4.78 is 3.21. The van der Waals surface area contributed by atoms with Gasteiger partial charge in [0, 0.05) is 7.05 Å². The third-order valence-electron chi connectivity index (χ3n) is 5.75. The van der Waals surface area contributed by atoms with Gasteiger partial charge >= 0.3 is 0 Å². The Morgan fingerprint density at radius 1 is 0.788 bits per heavy atom. The molecule has 164 valence electrons. The zero-order chi connectivity index (χ0) is 22.9. The molecule has 0 atom stereocenters. The lowest BCUT2D eigenvalue weighted by Crippen LogP contribution is -2.23. The molecule has 0 aliphatic carbocycles. The number of fused-ring (bicyclic) bond motifs is 2. The molecule has 33 heavy (non-hydrogen) atoms. The normalized spacial score (nSPS) is 11.3. The molecule has 0 unspecified atom stereocenters. The average Bonchev–Trinajstić information content (AvgIpc) is 2.85. The molecule has 0 amide bonds. The Labute approximate surface area is 194 Å². The first-order chi connectivity index (χ1) is 16.1. The number of benzene rings is 3. The molecule has 0 bridgehead atoms. The van der Waals surface area contributed by atoms with Gasteiger partial charge in [-0.2, -0.15) is 0 Å². The maximum Gasteiger partial charge on any atom is 0.266 e. The summed E-state index contributed by atoms with van der Waals surface area (Å²) in [5, 5.41) is 1.72. The number of para-hydroxylation sites is 2. The summed E-state index contributed by atoms with van der Waals surface area (Å²) in [6, 6.07) is 22.6. The van der Waals surface area contributed by atoms with E-state index in [0.29, 0.717) is 38.5 Å².